The van der Waals surface area contributed by atoms with E-state index < -0.39 is 21.4 Å². The smallest absolute Gasteiger partial charge is 0.309 e. The number of hydrogen-bond acceptors (Lipinski definition) is 3. The summed E-state index contributed by atoms with van der Waals surface area (Å²) in [7, 11) is -3.27. The Morgan fingerprint density at radius 1 is 1.26 bits per heavy atom. The van der Waals surface area contributed by atoms with Crippen molar-refractivity contribution >= 4 is 16.0 Å². The molecule has 0 heterocycles. The molecule has 19 heavy (non-hydrogen) atoms. The van der Waals surface area contributed by atoms with Gasteiger partial charge in [0, 0.05) is 6.54 Å². The van der Waals surface area contributed by atoms with E-state index in [0.29, 0.717) is 6.42 Å². The molecule has 0 aromatic rings. The van der Waals surface area contributed by atoms with Crippen molar-refractivity contribution in [3.8, 4) is 0 Å². The quantitative estimate of drug-likeness (QED) is 0.751. The normalized spacial score (nSPS) is 18.4. The van der Waals surface area contributed by atoms with Gasteiger partial charge in [-0.05, 0) is 39.0 Å². The van der Waals surface area contributed by atoms with Gasteiger partial charge in [-0.15, -0.1) is 0 Å². The van der Waals surface area contributed by atoms with E-state index in [2.05, 4.69) is 4.72 Å². The van der Waals surface area contributed by atoms with Crippen molar-refractivity contribution in [2.75, 3.05) is 12.3 Å². The Labute approximate surface area is 115 Å². The van der Waals surface area contributed by atoms with Gasteiger partial charge >= 0.3 is 5.97 Å². The van der Waals surface area contributed by atoms with Crippen LogP contribution in [0.1, 0.15) is 52.4 Å². The predicted octanol–water partition coefficient (Wildman–Crippen LogP) is 1.99. The van der Waals surface area contributed by atoms with E-state index >= 15 is 0 Å². The number of hydrogen-bond donors (Lipinski definition) is 2. The molecule has 1 rings (SSSR count). The molecular weight excluding hydrogens is 266 g/mol. The molecule has 1 saturated carbocycles. The maximum absolute atomic E-state index is 11.9. The highest BCUT2D eigenvalue weighted by atomic mass is 32.2. The second-order valence-electron chi connectivity index (χ2n) is 6.12. The second kappa shape index (κ2) is 6.70. The third-order valence-corrected chi connectivity index (χ3v) is 5.38. The average molecular weight is 291 g/mol. The van der Waals surface area contributed by atoms with Crippen molar-refractivity contribution in [1.29, 1.82) is 0 Å². The molecular formula is C13H25NO4S. The Kier molecular flexibility index (Phi) is 5.80. The minimum absolute atomic E-state index is 0.181. The first-order valence-corrected chi connectivity index (χ1v) is 8.59. The highest BCUT2D eigenvalue weighted by molar-refractivity contribution is 7.89. The van der Waals surface area contributed by atoms with Gasteiger partial charge in [0.1, 0.15) is 0 Å². The van der Waals surface area contributed by atoms with Gasteiger partial charge < -0.3 is 5.11 Å². The van der Waals surface area contributed by atoms with Crippen molar-refractivity contribution in [1.82, 2.24) is 4.72 Å². The van der Waals surface area contributed by atoms with Gasteiger partial charge in [-0.2, -0.15) is 0 Å². The van der Waals surface area contributed by atoms with Crippen LogP contribution in [0.5, 0.6) is 0 Å². The van der Waals surface area contributed by atoms with Crippen molar-refractivity contribution in [2.45, 2.75) is 52.4 Å². The summed E-state index contributed by atoms with van der Waals surface area (Å²) in [5.41, 5.74) is -0.895. The Morgan fingerprint density at radius 3 is 2.37 bits per heavy atom. The molecule has 1 aliphatic rings. The molecule has 0 aliphatic heterocycles. The number of nitrogens with one attached hydrogen (secondary N) is 1. The summed E-state index contributed by atoms with van der Waals surface area (Å²) >= 11 is 0. The lowest BCUT2D eigenvalue weighted by Crippen LogP contribution is -2.35. The minimum atomic E-state index is -3.27. The van der Waals surface area contributed by atoms with Crippen molar-refractivity contribution < 1.29 is 18.3 Å². The van der Waals surface area contributed by atoms with Crippen molar-refractivity contribution in [3.63, 3.8) is 0 Å². The fraction of sp³-hybridized carbons (Fsp3) is 0.923. The van der Waals surface area contributed by atoms with Crippen molar-refractivity contribution in [3.05, 3.63) is 0 Å². The summed E-state index contributed by atoms with van der Waals surface area (Å²) in [6, 6.07) is 0. The number of carbonyl (C=O) groups is 1. The monoisotopic (exact) mass is 291 g/mol. The van der Waals surface area contributed by atoms with Gasteiger partial charge in [0.15, 0.2) is 0 Å². The van der Waals surface area contributed by atoms with Crippen LogP contribution < -0.4 is 4.72 Å². The summed E-state index contributed by atoms with van der Waals surface area (Å²) in [5, 5.41) is 8.95. The van der Waals surface area contributed by atoms with Crippen LogP contribution in [0.15, 0.2) is 0 Å². The van der Waals surface area contributed by atoms with Crippen LogP contribution in [0.4, 0.5) is 0 Å². The maximum atomic E-state index is 11.9. The molecule has 6 heteroatoms. The molecule has 0 unspecified atom stereocenters. The van der Waals surface area contributed by atoms with Gasteiger partial charge in [-0.25, -0.2) is 13.1 Å². The summed E-state index contributed by atoms with van der Waals surface area (Å²) < 4.78 is 26.3. The first-order valence-electron chi connectivity index (χ1n) is 6.94. The lowest BCUT2D eigenvalue weighted by Gasteiger charge is -2.22. The van der Waals surface area contributed by atoms with Crippen molar-refractivity contribution in [2.24, 2.45) is 11.3 Å². The number of rotatable bonds is 7. The molecule has 5 nitrogen and oxygen atoms in total. The minimum Gasteiger partial charge on any atom is -0.481 e. The number of carboxylic acid groups (broad SMARTS) is 1. The zero-order chi connectivity index (χ0) is 14.5. The summed E-state index contributed by atoms with van der Waals surface area (Å²) in [5.74, 6) is -0.460. The van der Waals surface area contributed by atoms with Crippen LogP contribution in [0.3, 0.4) is 0 Å². The SMILES string of the molecule is CC(C)(CCNS(=O)(=O)CC1CCCCC1)C(=O)O. The Bertz CT molecular complexity index is 397. The van der Waals surface area contributed by atoms with Gasteiger partial charge in [0.25, 0.3) is 0 Å². The maximum Gasteiger partial charge on any atom is 0.309 e. The van der Waals surface area contributed by atoms with E-state index in [9.17, 15) is 13.2 Å². The standard InChI is InChI=1S/C13H25NO4S/c1-13(2,12(15)16)8-9-14-19(17,18)10-11-6-4-3-5-7-11/h11,14H,3-10H2,1-2H3,(H,15,16). The average Bonchev–Trinajstić information content (AvgIpc) is 2.28. The van der Waals surface area contributed by atoms with Crippen LogP contribution in [-0.4, -0.2) is 31.8 Å². The summed E-state index contributed by atoms with van der Waals surface area (Å²) in [4.78, 5) is 10.9. The van der Waals surface area contributed by atoms with Crippen LogP contribution in [0.25, 0.3) is 0 Å². The highest BCUT2D eigenvalue weighted by Gasteiger charge is 2.27. The molecule has 0 aromatic carbocycles. The second-order valence-corrected chi connectivity index (χ2v) is 7.97. The third kappa shape index (κ3) is 5.91. The molecule has 1 aliphatic carbocycles. The molecule has 0 spiro atoms. The van der Waals surface area contributed by atoms with E-state index in [-0.39, 0.29) is 18.2 Å². The fourth-order valence-corrected chi connectivity index (χ4v) is 3.83. The molecule has 2 N–H and O–H groups in total. The summed E-state index contributed by atoms with van der Waals surface area (Å²) in [6.45, 7) is 3.39. The molecule has 0 aromatic heterocycles. The van der Waals surface area contributed by atoms with E-state index in [1.807, 2.05) is 0 Å². The van der Waals surface area contributed by atoms with E-state index in [0.717, 1.165) is 25.7 Å². The molecule has 0 bridgehead atoms. The number of carboxylic acids is 1. The first-order chi connectivity index (χ1) is 8.73. The van der Waals surface area contributed by atoms with Gasteiger partial charge in [-0.3, -0.25) is 4.79 Å². The van der Waals surface area contributed by atoms with Gasteiger partial charge in [-0.1, -0.05) is 19.3 Å². The lowest BCUT2D eigenvalue weighted by molar-refractivity contribution is -0.147. The van der Waals surface area contributed by atoms with E-state index in [1.165, 1.54) is 6.42 Å². The third-order valence-electron chi connectivity index (χ3n) is 3.83. The topological polar surface area (TPSA) is 83.5 Å². The van der Waals surface area contributed by atoms with Gasteiger partial charge in [0.2, 0.25) is 10.0 Å². The van der Waals surface area contributed by atoms with Crippen LogP contribution in [0.2, 0.25) is 0 Å². The predicted molar refractivity (Wildman–Crippen MR) is 74.4 cm³/mol. The lowest BCUT2D eigenvalue weighted by atomic mass is 9.90. The zero-order valence-electron chi connectivity index (χ0n) is 11.8. The van der Waals surface area contributed by atoms with Crippen LogP contribution >= 0.6 is 0 Å². The summed E-state index contributed by atoms with van der Waals surface area (Å²) in [6.07, 6.45) is 5.71. The van der Waals surface area contributed by atoms with E-state index in [1.54, 1.807) is 13.8 Å². The highest BCUT2D eigenvalue weighted by Crippen LogP contribution is 2.25. The fourth-order valence-electron chi connectivity index (χ4n) is 2.35. The Hall–Kier alpha value is -0.620. The molecule has 0 atom stereocenters. The number of aliphatic carboxylic acids is 1. The molecule has 0 radical (unpaired) electrons. The zero-order valence-corrected chi connectivity index (χ0v) is 12.6. The van der Waals surface area contributed by atoms with Gasteiger partial charge in [0.05, 0.1) is 11.2 Å². The Balaban J connectivity index is 2.36. The van der Waals surface area contributed by atoms with Crippen LogP contribution in [0, 0.1) is 11.3 Å². The molecule has 1 fully saturated rings. The largest absolute Gasteiger partial charge is 0.481 e. The molecule has 0 saturated heterocycles. The Morgan fingerprint density at radius 2 is 1.84 bits per heavy atom. The van der Waals surface area contributed by atoms with E-state index in [4.69, 9.17) is 5.11 Å². The number of sulfonamides is 1. The molecule has 112 valence electrons. The first kappa shape index (κ1) is 16.4. The van der Waals surface area contributed by atoms with Crippen LogP contribution in [-0.2, 0) is 14.8 Å². The molecule has 0 amide bonds.